The van der Waals surface area contributed by atoms with Gasteiger partial charge in [0, 0.05) is 25.4 Å². The molecule has 1 N–H and O–H groups in total. The normalized spacial score (nSPS) is 10.8. The minimum Gasteiger partial charge on any atom is -0.313 e. The van der Waals surface area contributed by atoms with Crippen LogP contribution in [0.2, 0.25) is 0 Å². The van der Waals surface area contributed by atoms with Gasteiger partial charge in [0.05, 0.1) is 6.20 Å². The van der Waals surface area contributed by atoms with E-state index in [9.17, 15) is 0 Å². The average Bonchev–Trinajstić information content (AvgIpc) is 2.63. The van der Waals surface area contributed by atoms with Gasteiger partial charge in [0.15, 0.2) is 0 Å². The van der Waals surface area contributed by atoms with Gasteiger partial charge in [-0.3, -0.25) is 4.68 Å². The van der Waals surface area contributed by atoms with Crippen LogP contribution in [0.3, 0.4) is 0 Å². The molecule has 0 amide bonds. The summed E-state index contributed by atoms with van der Waals surface area (Å²) >= 11 is 0. The van der Waals surface area contributed by atoms with Crippen LogP contribution in [0, 0.1) is 0 Å². The zero-order chi connectivity index (χ0) is 10.9. The first-order valence-corrected chi connectivity index (χ1v) is 6.01. The lowest BCUT2D eigenvalue weighted by molar-refractivity contribution is 0.583. The molecule has 1 heterocycles. The van der Waals surface area contributed by atoms with E-state index in [-0.39, 0.29) is 0 Å². The molecule has 1 aromatic heterocycles. The molecule has 0 unspecified atom stereocenters. The number of nitrogens with zero attached hydrogens (tertiary/aromatic N) is 2. The number of rotatable bonds is 8. The summed E-state index contributed by atoms with van der Waals surface area (Å²) < 4.78 is 1.85. The minimum absolute atomic E-state index is 0.946. The number of hydrogen-bond acceptors (Lipinski definition) is 2. The van der Waals surface area contributed by atoms with Crippen molar-refractivity contribution in [1.82, 2.24) is 15.1 Å². The molecule has 1 aromatic rings. The maximum absolute atomic E-state index is 4.13. The molecular weight excluding hydrogens is 186 g/mol. The molecule has 0 fully saturated rings. The standard InChI is InChI=1S/C12H23N3/c1-3-4-5-6-7-8-13-9-12-10-14-15(2)11-12/h10-11,13H,3-9H2,1-2H3. The van der Waals surface area contributed by atoms with Crippen LogP contribution < -0.4 is 5.32 Å². The van der Waals surface area contributed by atoms with E-state index >= 15 is 0 Å². The summed E-state index contributed by atoms with van der Waals surface area (Å²) in [6.45, 7) is 4.32. The van der Waals surface area contributed by atoms with Gasteiger partial charge in [0.2, 0.25) is 0 Å². The van der Waals surface area contributed by atoms with Crippen LogP contribution in [0.5, 0.6) is 0 Å². The first-order valence-electron chi connectivity index (χ1n) is 6.01. The van der Waals surface area contributed by atoms with E-state index in [0.29, 0.717) is 0 Å². The minimum atomic E-state index is 0.946. The third kappa shape index (κ3) is 5.57. The molecule has 0 saturated carbocycles. The second-order valence-corrected chi connectivity index (χ2v) is 4.11. The fourth-order valence-corrected chi connectivity index (χ4v) is 1.65. The average molecular weight is 209 g/mol. The second-order valence-electron chi connectivity index (χ2n) is 4.11. The Morgan fingerprint density at radius 2 is 2.07 bits per heavy atom. The zero-order valence-corrected chi connectivity index (χ0v) is 10.00. The molecule has 3 heteroatoms. The summed E-state index contributed by atoms with van der Waals surface area (Å²) in [6.07, 6.45) is 10.7. The van der Waals surface area contributed by atoms with Crippen molar-refractivity contribution in [2.75, 3.05) is 6.54 Å². The molecule has 0 aliphatic carbocycles. The molecule has 0 radical (unpaired) electrons. The Bertz CT molecular complexity index is 255. The predicted octanol–water partition coefficient (Wildman–Crippen LogP) is 2.48. The molecule has 0 spiro atoms. The molecule has 1 rings (SSSR count). The fraction of sp³-hybridized carbons (Fsp3) is 0.750. The summed E-state index contributed by atoms with van der Waals surface area (Å²) in [5.41, 5.74) is 1.27. The summed E-state index contributed by atoms with van der Waals surface area (Å²) in [4.78, 5) is 0. The molecular formula is C12H23N3. The van der Waals surface area contributed by atoms with Crippen molar-refractivity contribution in [2.24, 2.45) is 7.05 Å². The van der Waals surface area contributed by atoms with Gasteiger partial charge in [0.25, 0.3) is 0 Å². The van der Waals surface area contributed by atoms with E-state index in [0.717, 1.165) is 13.1 Å². The second kappa shape index (κ2) is 7.46. The van der Waals surface area contributed by atoms with Crippen LogP contribution in [-0.2, 0) is 13.6 Å². The third-order valence-corrected chi connectivity index (χ3v) is 2.54. The lowest BCUT2D eigenvalue weighted by Crippen LogP contribution is -2.14. The molecule has 86 valence electrons. The van der Waals surface area contributed by atoms with E-state index in [4.69, 9.17) is 0 Å². The Hall–Kier alpha value is -0.830. The topological polar surface area (TPSA) is 29.9 Å². The largest absolute Gasteiger partial charge is 0.313 e. The molecule has 0 atom stereocenters. The van der Waals surface area contributed by atoms with E-state index in [1.807, 2.05) is 17.9 Å². The highest BCUT2D eigenvalue weighted by Crippen LogP contribution is 2.01. The highest BCUT2D eigenvalue weighted by Gasteiger charge is 1.94. The molecule has 0 aromatic carbocycles. The quantitative estimate of drug-likeness (QED) is 0.667. The van der Waals surface area contributed by atoms with Crippen LogP contribution in [0.1, 0.15) is 44.6 Å². The number of hydrogen-bond donors (Lipinski definition) is 1. The van der Waals surface area contributed by atoms with Crippen molar-refractivity contribution in [3.05, 3.63) is 18.0 Å². The van der Waals surface area contributed by atoms with Crippen molar-refractivity contribution in [1.29, 1.82) is 0 Å². The number of aromatic nitrogens is 2. The van der Waals surface area contributed by atoms with Gasteiger partial charge in [-0.05, 0) is 13.0 Å². The van der Waals surface area contributed by atoms with Gasteiger partial charge in [-0.15, -0.1) is 0 Å². The van der Waals surface area contributed by atoms with Gasteiger partial charge >= 0.3 is 0 Å². The highest BCUT2D eigenvalue weighted by molar-refractivity contribution is 5.02. The molecule has 0 aliphatic rings. The Kier molecular flexibility index (Phi) is 6.09. The van der Waals surface area contributed by atoms with Crippen molar-refractivity contribution < 1.29 is 0 Å². The van der Waals surface area contributed by atoms with Crippen LogP contribution in [-0.4, -0.2) is 16.3 Å². The van der Waals surface area contributed by atoms with Crippen LogP contribution in [0.25, 0.3) is 0 Å². The van der Waals surface area contributed by atoms with Gasteiger partial charge in [-0.2, -0.15) is 5.10 Å². The van der Waals surface area contributed by atoms with Crippen molar-refractivity contribution in [3.63, 3.8) is 0 Å². The Morgan fingerprint density at radius 3 is 2.73 bits per heavy atom. The van der Waals surface area contributed by atoms with E-state index in [2.05, 4.69) is 23.5 Å². The Balaban J connectivity index is 1.93. The summed E-state index contributed by atoms with van der Waals surface area (Å²) in [5, 5.41) is 7.57. The van der Waals surface area contributed by atoms with Gasteiger partial charge in [-0.1, -0.05) is 32.6 Å². The maximum Gasteiger partial charge on any atom is 0.0534 e. The molecule has 3 nitrogen and oxygen atoms in total. The summed E-state index contributed by atoms with van der Waals surface area (Å²) in [6, 6.07) is 0. The highest BCUT2D eigenvalue weighted by atomic mass is 15.2. The van der Waals surface area contributed by atoms with Crippen LogP contribution >= 0.6 is 0 Å². The van der Waals surface area contributed by atoms with Gasteiger partial charge in [-0.25, -0.2) is 0 Å². The zero-order valence-electron chi connectivity index (χ0n) is 10.00. The van der Waals surface area contributed by atoms with Crippen LogP contribution in [0.15, 0.2) is 12.4 Å². The third-order valence-electron chi connectivity index (χ3n) is 2.54. The van der Waals surface area contributed by atoms with Crippen LogP contribution in [0.4, 0.5) is 0 Å². The van der Waals surface area contributed by atoms with Gasteiger partial charge in [0.1, 0.15) is 0 Å². The summed E-state index contributed by atoms with van der Waals surface area (Å²) in [5.74, 6) is 0. The van der Waals surface area contributed by atoms with Crippen molar-refractivity contribution in [2.45, 2.75) is 45.6 Å². The monoisotopic (exact) mass is 209 g/mol. The van der Waals surface area contributed by atoms with Crippen molar-refractivity contribution in [3.8, 4) is 0 Å². The number of nitrogens with one attached hydrogen (secondary N) is 1. The Labute approximate surface area is 92.9 Å². The first kappa shape index (κ1) is 12.2. The lowest BCUT2D eigenvalue weighted by atomic mass is 10.1. The fourth-order valence-electron chi connectivity index (χ4n) is 1.65. The van der Waals surface area contributed by atoms with Crippen molar-refractivity contribution >= 4 is 0 Å². The van der Waals surface area contributed by atoms with E-state index in [1.54, 1.807) is 0 Å². The lowest BCUT2D eigenvalue weighted by Gasteiger charge is -2.02. The molecule has 0 aliphatic heterocycles. The molecule has 15 heavy (non-hydrogen) atoms. The number of aryl methyl sites for hydroxylation is 1. The number of unbranched alkanes of at least 4 members (excludes halogenated alkanes) is 4. The maximum atomic E-state index is 4.13. The summed E-state index contributed by atoms with van der Waals surface area (Å²) in [7, 11) is 1.95. The van der Waals surface area contributed by atoms with E-state index < -0.39 is 0 Å². The predicted molar refractivity (Wildman–Crippen MR) is 63.7 cm³/mol. The van der Waals surface area contributed by atoms with Gasteiger partial charge < -0.3 is 5.32 Å². The SMILES string of the molecule is CCCCCCCNCc1cnn(C)c1. The first-order chi connectivity index (χ1) is 7.33. The van der Waals surface area contributed by atoms with E-state index in [1.165, 1.54) is 37.7 Å². The smallest absolute Gasteiger partial charge is 0.0534 e. The molecule has 0 bridgehead atoms. The molecule has 0 saturated heterocycles. The Morgan fingerprint density at radius 1 is 1.27 bits per heavy atom.